The molecule has 0 radical (unpaired) electrons. The summed E-state index contributed by atoms with van der Waals surface area (Å²) >= 11 is 0. The van der Waals surface area contributed by atoms with E-state index in [9.17, 15) is 5.11 Å². The van der Waals surface area contributed by atoms with E-state index in [4.69, 9.17) is 21.3 Å². The van der Waals surface area contributed by atoms with Gasteiger partial charge < -0.3 is 26.4 Å². The first-order valence-electron chi connectivity index (χ1n) is 5.76. The summed E-state index contributed by atoms with van der Waals surface area (Å²) in [5, 5.41) is 19.2. The summed E-state index contributed by atoms with van der Waals surface area (Å²) in [7, 11) is 0. The van der Waals surface area contributed by atoms with Crippen LogP contribution in [0, 0.1) is 0 Å². The Morgan fingerprint density at radius 2 is 2.16 bits per heavy atom. The van der Waals surface area contributed by atoms with Crippen LogP contribution in [-0.2, 0) is 4.74 Å². The fourth-order valence-corrected chi connectivity index (χ4v) is 2.21. The lowest BCUT2D eigenvalue weighted by Crippen LogP contribution is -2.41. The van der Waals surface area contributed by atoms with Crippen molar-refractivity contribution in [3.63, 3.8) is 0 Å². The van der Waals surface area contributed by atoms with E-state index >= 15 is 0 Å². The number of nitrogens with zero attached hydrogens (tertiary/aromatic N) is 4. The average Bonchev–Trinajstić information content (AvgIpc) is 2.94. The van der Waals surface area contributed by atoms with E-state index in [0.717, 1.165) is 0 Å². The fourth-order valence-electron chi connectivity index (χ4n) is 2.21. The van der Waals surface area contributed by atoms with Crippen molar-refractivity contribution in [2.45, 2.75) is 24.5 Å². The van der Waals surface area contributed by atoms with Crippen LogP contribution < -0.4 is 11.5 Å². The van der Waals surface area contributed by atoms with Gasteiger partial charge in [0.15, 0.2) is 17.7 Å². The fraction of sp³-hybridized carbons (Fsp3) is 0.500. The number of imidazole rings is 1. The van der Waals surface area contributed by atoms with Gasteiger partial charge in [-0.25, -0.2) is 15.0 Å². The zero-order chi connectivity index (χ0) is 13.6. The molecule has 4 atom stereocenters. The summed E-state index contributed by atoms with van der Waals surface area (Å²) in [6, 6.07) is -0.674. The van der Waals surface area contributed by atoms with E-state index in [1.807, 2.05) is 0 Å². The minimum Gasteiger partial charge on any atom is -0.394 e. The zero-order valence-electron chi connectivity index (χ0n) is 9.92. The first-order chi connectivity index (χ1) is 9.13. The Labute approximate surface area is 107 Å². The molecule has 0 spiro atoms. The highest BCUT2D eigenvalue weighted by atomic mass is 16.5. The van der Waals surface area contributed by atoms with Crippen LogP contribution >= 0.6 is 0 Å². The molecule has 102 valence electrons. The maximum absolute atomic E-state index is 10.1. The van der Waals surface area contributed by atoms with Gasteiger partial charge >= 0.3 is 0 Å². The third kappa shape index (κ3) is 1.75. The van der Waals surface area contributed by atoms with Gasteiger partial charge in [-0.1, -0.05) is 0 Å². The maximum atomic E-state index is 10.1. The Balaban J connectivity index is 2.04. The molecule has 9 nitrogen and oxygen atoms in total. The molecule has 6 N–H and O–H groups in total. The zero-order valence-corrected chi connectivity index (χ0v) is 9.92. The molecule has 2 aromatic heterocycles. The number of aromatic nitrogens is 4. The predicted molar refractivity (Wildman–Crippen MR) is 64.7 cm³/mol. The van der Waals surface area contributed by atoms with Gasteiger partial charge in [0, 0.05) is 0 Å². The Hall–Kier alpha value is -1.81. The van der Waals surface area contributed by atoms with E-state index < -0.39 is 24.5 Å². The van der Waals surface area contributed by atoms with Gasteiger partial charge in [-0.05, 0) is 0 Å². The summed E-state index contributed by atoms with van der Waals surface area (Å²) < 4.78 is 7.06. The van der Waals surface area contributed by atoms with Crippen molar-refractivity contribution in [3.05, 3.63) is 12.7 Å². The van der Waals surface area contributed by atoms with E-state index in [1.54, 1.807) is 0 Å². The number of nitrogens with two attached hydrogens (primary N) is 2. The summed E-state index contributed by atoms with van der Waals surface area (Å²) in [6.07, 6.45) is 0.408. The molecular formula is C10H14N6O3. The summed E-state index contributed by atoms with van der Waals surface area (Å²) in [5.74, 6) is 0.249. The molecule has 19 heavy (non-hydrogen) atoms. The molecule has 0 aromatic carbocycles. The molecule has 1 aliphatic heterocycles. The van der Waals surface area contributed by atoms with Crippen molar-refractivity contribution >= 4 is 17.0 Å². The lowest BCUT2D eigenvalue weighted by atomic mass is 10.1. The number of rotatable bonds is 2. The summed E-state index contributed by atoms with van der Waals surface area (Å²) in [4.78, 5) is 12.0. The number of anilines is 1. The van der Waals surface area contributed by atoms with Crippen LogP contribution in [0.1, 0.15) is 6.23 Å². The molecule has 2 aromatic rings. The topological polar surface area (TPSA) is 145 Å². The Morgan fingerprint density at radius 1 is 1.37 bits per heavy atom. The molecule has 0 aliphatic carbocycles. The Morgan fingerprint density at radius 3 is 2.84 bits per heavy atom. The smallest absolute Gasteiger partial charge is 0.167 e. The summed E-state index contributed by atoms with van der Waals surface area (Å²) in [5.41, 5.74) is 12.3. The number of fused-ring (bicyclic) bond motifs is 1. The Kier molecular flexibility index (Phi) is 2.82. The largest absolute Gasteiger partial charge is 0.394 e. The van der Waals surface area contributed by atoms with Gasteiger partial charge in [0.1, 0.15) is 24.1 Å². The molecule has 9 heteroatoms. The highest BCUT2D eigenvalue weighted by molar-refractivity contribution is 5.81. The van der Waals surface area contributed by atoms with Crippen molar-refractivity contribution < 1.29 is 14.9 Å². The van der Waals surface area contributed by atoms with Crippen molar-refractivity contribution in [2.75, 3.05) is 12.3 Å². The third-order valence-corrected chi connectivity index (χ3v) is 3.27. The molecule has 0 saturated carbocycles. The molecular weight excluding hydrogens is 252 g/mol. The minimum absolute atomic E-state index is 0.249. The number of aliphatic hydroxyl groups excluding tert-OH is 2. The molecule has 1 fully saturated rings. The number of aliphatic hydroxyl groups is 2. The van der Waals surface area contributed by atoms with E-state index in [2.05, 4.69) is 15.0 Å². The molecule has 1 saturated heterocycles. The van der Waals surface area contributed by atoms with Crippen LogP contribution in [0.2, 0.25) is 0 Å². The van der Waals surface area contributed by atoms with E-state index in [-0.39, 0.29) is 12.4 Å². The monoisotopic (exact) mass is 266 g/mol. The number of ether oxygens (including phenoxy) is 1. The van der Waals surface area contributed by atoms with Crippen molar-refractivity contribution in [2.24, 2.45) is 5.73 Å². The van der Waals surface area contributed by atoms with Gasteiger partial charge in [0.2, 0.25) is 0 Å². The quantitative estimate of drug-likeness (QED) is 0.487. The lowest BCUT2D eigenvalue weighted by molar-refractivity contribution is -0.0488. The van der Waals surface area contributed by atoms with Crippen molar-refractivity contribution in [1.29, 1.82) is 0 Å². The van der Waals surface area contributed by atoms with Gasteiger partial charge in [0.05, 0.1) is 19.0 Å². The first kappa shape index (κ1) is 12.2. The van der Waals surface area contributed by atoms with Crippen LogP contribution in [-0.4, -0.2) is 54.6 Å². The highest BCUT2D eigenvalue weighted by Gasteiger charge is 2.42. The lowest BCUT2D eigenvalue weighted by Gasteiger charge is -2.16. The van der Waals surface area contributed by atoms with Gasteiger partial charge in [0.25, 0.3) is 0 Å². The van der Waals surface area contributed by atoms with Crippen molar-refractivity contribution in [3.8, 4) is 0 Å². The molecule has 0 amide bonds. The van der Waals surface area contributed by atoms with Crippen LogP contribution in [0.25, 0.3) is 11.2 Å². The predicted octanol–water partition coefficient (Wildman–Crippen LogP) is -2.01. The van der Waals surface area contributed by atoms with Gasteiger partial charge in [-0.3, -0.25) is 4.57 Å². The molecule has 2 unspecified atom stereocenters. The third-order valence-electron chi connectivity index (χ3n) is 3.27. The second kappa shape index (κ2) is 4.38. The normalized spacial score (nSPS) is 31.1. The number of hydrogen-bond acceptors (Lipinski definition) is 8. The van der Waals surface area contributed by atoms with E-state index in [0.29, 0.717) is 11.2 Å². The summed E-state index contributed by atoms with van der Waals surface area (Å²) in [6.45, 7) is -0.265. The molecule has 3 rings (SSSR count). The maximum Gasteiger partial charge on any atom is 0.167 e. The van der Waals surface area contributed by atoms with Crippen molar-refractivity contribution in [1.82, 2.24) is 19.5 Å². The van der Waals surface area contributed by atoms with Crippen LogP contribution in [0.3, 0.4) is 0 Å². The number of nitrogen functional groups attached to an aromatic ring is 1. The molecule has 1 aliphatic rings. The van der Waals surface area contributed by atoms with Crippen LogP contribution in [0.4, 0.5) is 5.82 Å². The average molecular weight is 266 g/mol. The standard InChI is InChI=1S/C10H14N6O3/c11-5-4(1-17)19-10(7(5)18)16-3-15-6-8(12)13-2-14-9(6)16/h2-5,7,10,17-18H,1,11H2,(H2,12,13,14)/t4-,5?,7?,10-/m1/s1. The van der Waals surface area contributed by atoms with Crippen LogP contribution in [0.15, 0.2) is 12.7 Å². The highest BCUT2D eigenvalue weighted by Crippen LogP contribution is 2.30. The van der Waals surface area contributed by atoms with E-state index in [1.165, 1.54) is 17.2 Å². The van der Waals surface area contributed by atoms with Gasteiger partial charge in [-0.15, -0.1) is 0 Å². The molecule has 3 heterocycles. The second-order valence-electron chi connectivity index (χ2n) is 4.40. The molecule has 0 bridgehead atoms. The minimum atomic E-state index is -0.967. The van der Waals surface area contributed by atoms with Crippen LogP contribution in [0.5, 0.6) is 0 Å². The second-order valence-corrected chi connectivity index (χ2v) is 4.40. The Bertz CT molecular complexity index is 602. The SMILES string of the molecule is Nc1ncnc2c1ncn2[C@@H]1O[C@H](CO)C(N)C1O. The first-order valence-corrected chi connectivity index (χ1v) is 5.76. The number of hydrogen-bond donors (Lipinski definition) is 4. The van der Waals surface area contributed by atoms with Gasteiger partial charge in [-0.2, -0.15) is 0 Å².